The summed E-state index contributed by atoms with van der Waals surface area (Å²) in [5.74, 6) is 1.07. The Morgan fingerprint density at radius 3 is 2.58 bits per heavy atom. The molecule has 0 bridgehead atoms. The van der Waals surface area contributed by atoms with Crippen molar-refractivity contribution in [1.29, 1.82) is 0 Å². The van der Waals surface area contributed by atoms with Gasteiger partial charge in [-0.05, 0) is 37.2 Å². The van der Waals surface area contributed by atoms with Crippen LogP contribution in [0.2, 0.25) is 0 Å². The fraction of sp³-hybridized carbons (Fsp3) is 0.727. The Balaban J connectivity index is 2.09. The van der Waals surface area contributed by atoms with Gasteiger partial charge in [-0.2, -0.15) is 0 Å². The predicted molar refractivity (Wildman–Crippen MR) is 48.9 cm³/mol. The molecule has 1 heteroatoms. The van der Waals surface area contributed by atoms with Gasteiger partial charge < -0.3 is 0 Å². The minimum Gasteiger partial charge on any atom is -0.295 e. The monoisotopic (exact) mass is 164 g/mol. The molecule has 12 heavy (non-hydrogen) atoms. The minimum absolute atomic E-state index is 0.438. The number of allylic oxidation sites excluding steroid dienone is 2. The highest BCUT2D eigenvalue weighted by Crippen LogP contribution is 2.34. The van der Waals surface area contributed by atoms with Gasteiger partial charge in [0.15, 0.2) is 5.78 Å². The molecule has 0 aromatic rings. The quantitative estimate of drug-likeness (QED) is 0.582. The molecule has 2 rings (SSSR count). The van der Waals surface area contributed by atoms with E-state index in [4.69, 9.17) is 0 Å². The zero-order chi connectivity index (χ0) is 8.39. The predicted octanol–water partition coefficient (Wildman–Crippen LogP) is 2.86. The van der Waals surface area contributed by atoms with Crippen LogP contribution in [0.25, 0.3) is 0 Å². The number of hydrogen-bond acceptors (Lipinski definition) is 1. The first kappa shape index (κ1) is 8.03. The van der Waals surface area contributed by atoms with E-state index in [0.29, 0.717) is 11.7 Å². The molecule has 0 amide bonds. The fourth-order valence-corrected chi connectivity index (χ4v) is 2.41. The van der Waals surface area contributed by atoms with Gasteiger partial charge in [-0.25, -0.2) is 0 Å². The highest BCUT2D eigenvalue weighted by Gasteiger charge is 2.25. The molecule has 0 unspecified atom stereocenters. The van der Waals surface area contributed by atoms with Crippen LogP contribution >= 0.6 is 0 Å². The van der Waals surface area contributed by atoms with Crippen molar-refractivity contribution >= 4 is 5.78 Å². The van der Waals surface area contributed by atoms with E-state index in [0.717, 1.165) is 19.3 Å². The molecule has 2 aliphatic carbocycles. The van der Waals surface area contributed by atoms with Gasteiger partial charge in [0.25, 0.3) is 0 Å². The second-order valence-electron chi connectivity index (χ2n) is 3.96. The molecular formula is C11H16O. The summed E-state index contributed by atoms with van der Waals surface area (Å²) < 4.78 is 0. The van der Waals surface area contributed by atoms with E-state index in [-0.39, 0.29) is 0 Å². The third-order valence-corrected chi connectivity index (χ3v) is 3.09. The molecule has 0 aromatic carbocycles. The smallest absolute Gasteiger partial charge is 0.158 e. The SMILES string of the molecule is O=C1CCCC=C1C1CCCC1. The number of carbonyl (C=O) groups is 1. The molecule has 0 atom stereocenters. The van der Waals surface area contributed by atoms with Crippen molar-refractivity contribution in [3.05, 3.63) is 11.6 Å². The number of rotatable bonds is 1. The van der Waals surface area contributed by atoms with Crippen LogP contribution in [-0.2, 0) is 4.79 Å². The van der Waals surface area contributed by atoms with E-state index in [1.807, 2.05) is 0 Å². The molecule has 0 spiro atoms. The summed E-state index contributed by atoms with van der Waals surface area (Å²) in [5.41, 5.74) is 1.18. The lowest BCUT2D eigenvalue weighted by molar-refractivity contribution is -0.116. The summed E-state index contributed by atoms with van der Waals surface area (Å²) in [4.78, 5) is 11.5. The summed E-state index contributed by atoms with van der Waals surface area (Å²) in [6, 6.07) is 0. The maximum atomic E-state index is 11.5. The number of hydrogen-bond donors (Lipinski definition) is 0. The molecule has 1 fully saturated rings. The third-order valence-electron chi connectivity index (χ3n) is 3.09. The maximum absolute atomic E-state index is 11.5. The first-order chi connectivity index (χ1) is 5.88. The van der Waals surface area contributed by atoms with E-state index < -0.39 is 0 Å². The molecule has 1 saturated carbocycles. The van der Waals surface area contributed by atoms with Crippen LogP contribution in [0.5, 0.6) is 0 Å². The van der Waals surface area contributed by atoms with Crippen LogP contribution in [-0.4, -0.2) is 5.78 Å². The molecule has 0 heterocycles. The highest BCUT2D eigenvalue weighted by atomic mass is 16.1. The lowest BCUT2D eigenvalue weighted by Gasteiger charge is -2.16. The van der Waals surface area contributed by atoms with Crippen molar-refractivity contribution in [2.24, 2.45) is 5.92 Å². The second kappa shape index (κ2) is 3.42. The van der Waals surface area contributed by atoms with Crippen LogP contribution in [0.15, 0.2) is 11.6 Å². The molecule has 66 valence electrons. The first-order valence-corrected chi connectivity index (χ1v) is 5.11. The average molecular weight is 164 g/mol. The summed E-state index contributed by atoms with van der Waals surface area (Å²) in [5, 5.41) is 0. The molecule has 0 radical (unpaired) electrons. The Morgan fingerprint density at radius 2 is 1.92 bits per heavy atom. The fourth-order valence-electron chi connectivity index (χ4n) is 2.41. The normalized spacial score (nSPS) is 26.0. The molecule has 0 aromatic heterocycles. The van der Waals surface area contributed by atoms with E-state index in [1.165, 1.54) is 31.3 Å². The van der Waals surface area contributed by atoms with Crippen molar-refractivity contribution in [2.45, 2.75) is 44.9 Å². The summed E-state index contributed by atoms with van der Waals surface area (Å²) in [7, 11) is 0. The van der Waals surface area contributed by atoms with Crippen LogP contribution in [0, 0.1) is 5.92 Å². The van der Waals surface area contributed by atoms with Gasteiger partial charge in [0.05, 0.1) is 0 Å². The Hall–Kier alpha value is -0.590. The second-order valence-corrected chi connectivity index (χ2v) is 3.96. The van der Waals surface area contributed by atoms with E-state index in [2.05, 4.69) is 6.08 Å². The lowest BCUT2D eigenvalue weighted by atomic mass is 9.87. The maximum Gasteiger partial charge on any atom is 0.158 e. The van der Waals surface area contributed by atoms with Crippen molar-refractivity contribution in [3.8, 4) is 0 Å². The Kier molecular flexibility index (Phi) is 2.29. The number of ketones is 1. The Labute approximate surface area is 73.8 Å². The van der Waals surface area contributed by atoms with Gasteiger partial charge in [0.1, 0.15) is 0 Å². The van der Waals surface area contributed by atoms with Crippen molar-refractivity contribution in [3.63, 3.8) is 0 Å². The summed E-state index contributed by atoms with van der Waals surface area (Å²) in [6.07, 6.45) is 10.4. The van der Waals surface area contributed by atoms with Crippen LogP contribution in [0.1, 0.15) is 44.9 Å². The Bertz CT molecular complexity index is 209. The van der Waals surface area contributed by atoms with Crippen molar-refractivity contribution in [2.75, 3.05) is 0 Å². The topological polar surface area (TPSA) is 17.1 Å². The zero-order valence-electron chi connectivity index (χ0n) is 7.51. The van der Waals surface area contributed by atoms with Crippen molar-refractivity contribution < 1.29 is 4.79 Å². The average Bonchev–Trinajstić information content (AvgIpc) is 2.57. The van der Waals surface area contributed by atoms with Crippen LogP contribution < -0.4 is 0 Å². The molecular weight excluding hydrogens is 148 g/mol. The molecule has 0 N–H and O–H groups in total. The van der Waals surface area contributed by atoms with Gasteiger partial charge in [0.2, 0.25) is 0 Å². The van der Waals surface area contributed by atoms with Gasteiger partial charge in [-0.1, -0.05) is 18.9 Å². The third kappa shape index (κ3) is 1.45. The molecule has 2 aliphatic rings. The zero-order valence-corrected chi connectivity index (χ0v) is 7.51. The number of carbonyl (C=O) groups excluding carboxylic acids is 1. The van der Waals surface area contributed by atoms with Crippen LogP contribution in [0.3, 0.4) is 0 Å². The largest absolute Gasteiger partial charge is 0.295 e. The standard InChI is InChI=1S/C11H16O/c12-11-8-4-3-7-10(11)9-5-1-2-6-9/h7,9H,1-6,8H2. The van der Waals surface area contributed by atoms with Crippen LogP contribution in [0.4, 0.5) is 0 Å². The van der Waals surface area contributed by atoms with Crippen molar-refractivity contribution in [1.82, 2.24) is 0 Å². The molecule has 1 nitrogen and oxygen atoms in total. The van der Waals surface area contributed by atoms with E-state index in [9.17, 15) is 4.79 Å². The molecule has 0 aliphatic heterocycles. The minimum atomic E-state index is 0.438. The lowest BCUT2D eigenvalue weighted by Crippen LogP contribution is -2.13. The Morgan fingerprint density at radius 1 is 1.17 bits per heavy atom. The van der Waals surface area contributed by atoms with E-state index in [1.54, 1.807) is 0 Å². The van der Waals surface area contributed by atoms with Gasteiger partial charge >= 0.3 is 0 Å². The van der Waals surface area contributed by atoms with Gasteiger partial charge in [-0.15, -0.1) is 0 Å². The van der Waals surface area contributed by atoms with E-state index >= 15 is 0 Å². The molecule has 0 saturated heterocycles. The highest BCUT2D eigenvalue weighted by molar-refractivity contribution is 5.96. The summed E-state index contributed by atoms with van der Waals surface area (Å²) in [6.45, 7) is 0. The van der Waals surface area contributed by atoms with Gasteiger partial charge in [0, 0.05) is 6.42 Å². The van der Waals surface area contributed by atoms with Gasteiger partial charge in [-0.3, -0.25) is 4.79 Å². The summed E-state index contributed by atoms with van der Waals surface area (Å²) >= 11 is 0. The first-order valence-electron chi connectivity index (χ1n) is 5.11. The number of Topliss-reactive ketones (excluding diaryl/α,β-unsaturated/α-hetero) is 1.